The summed E-state index contributed by atoms with van der Waals surface area (Å²) in [4.78, 5) is 16.4. The first-order valence-corrected chi connectivity index (χ1v) is 7.58. The number of carbonyl (C=O) groups excluding carboxylic acids is 1. The van der Waals surface area contributed by atoms with E-state index < -0.39 is 0 Å². The number of amides is 1. The van der Waals surface area contributed by atoms with Crippen LogP contribution in [0.2, 0.25) is 0 Å². The summed E-state index contributed by atoms with van der Waals surface area (Å²) in [6.07, 6.45) is 0.454. The van der Waals surface area contributed by atoms with Gasteiger partial charge in [0.05, 0.1) is 5.71 Å². The van der Waals surface area contributed by atoms with E-state index in [1.807, 2.05) is 6.92 Å². The zero-order valence-corrected chi connectivity index (χ0v) is 13.2. The lowest BCUT2D eigenvalue weighted by Crippen LogP contribution is -2.45. The highest BCUT2D eigenvalue weighted by molar-refractivity contribution is 5.99. The number of likely N-dealkylation sites (N-methyl/N-ethyl adjacent to an activating group) is 1. The number of rotatable bonds is 5. The van der Waals surface area contributed by atoms with E-state index in [4.69, 9.17) is 0 Å². The molecule has 1 aliphatic rings. The van der Waals surface area contributed by atoms with Gasteiger partial charge in [-0.1, -0.05) is 0 Å². The maximum Gasteiger partial charge on any atom is 0.241 e. The zero-order chi connectivity index (χ0) is 15.9. The van der Waals surface area contributed by atoms with Gasteiger partial charge in [0, 0.05) is 39.1 Å². The molecule has 2 rings (SSSR count). The Morgan fingerprint density at radius 3 is 2.50 bits per heavy atom. The number of nitrogens with zero attached hydrogens (tertiary/aromatic N) is 3. The fraction of sp³-hybridized carbons (Fsp3) is 0.500. The van der Waals surface area contributed by atoms with E-state index in [1.165, 1.54) is 0 Å². The van der Waals surface area contributed by atoms with Crippen LogP contribution in [-0.2, 0) is 4.79 Å². The second kappa shape index (κ2) is 7.91. The van der Waals surface area contributed by atoms with Crippen LogP contribution in [-0.4, -0.2) is 66.3 Å². The molecule has 22 heavy (non-hydrogen) atoms. The van der Waals surface area contributed by atoms with Gasteiger partial charge in [-0.25, -0.2) is 5.43 Å². The van der Waals surface area contributed by atoms with Crippen LogP contribution >= 0.6 is 0 Å². The molecule has 0 bridgehead atoms. The molecule has 0 saturated carbocycles. The number of hydrogen-bond donors (Lipinski definition) is 2. The summed E-state index contributed by atoms with van der Waals surface area (Å²) in [5.74, 6) is 0.143. The molecule has 1 aliphatic heterocycles. The van der Waals surface area contributed by atoms with Crippen molar-refractivity contribution >= 4 is 11.6 Å². The van der Waals surface area contributed by atoms with Crippen molar-refractivity contribution in [3.63, 3.8) is 0 Å². The van der Waals surface area contributed by atoms with E-state index >= 15 is 0 Å². The Morgan fingerprint density at radius 1 is 1.23 bits per heavy atom. The topological polar surface area (TPSA) is 68.2 Å². The molecule has 0 aliphatic carbocycles. The van der Waals surface area contributed by atoms with Crippen molar-refractivity contribution in [3.8, 4) is 5.75 Å². The summed E-state index contributed by atoms with van der Waals surface area (Å²) in [6.45, 7) is 6.74. The lowest BCUT2D eigenvalue weighted by molar-refractivity contribution is -0.121. The quantitative estimate of drug-likeness (QED) is 0.626. The maximum absolute atomic E-state index is 11.8. The summed E-state index contributed by atoms with van der Waals surface area (Å²) in [5, 5.41) is 13.4. The molecule has 0 atom stereocenters. The van der Waals surface area contributed by atoms with Gasteiger partial charge in [0.2, 0.25) is 5.91 Å². The molecular weight excluding hydrogens is 280 g/mol. The van der Waals surface area contributed by atoms with E-state index in [0.29, 0.717) is 12.1 Å². The Hall–Kier alpha value is -1.92. The summed E-state index contributed by atoms with van der Waals surface area (Å²) >= 11 is 0. The van der Waals surface area contributed by atoms with Gasteiger partial charge >= 0.3 is 0 Å². The Balaban J connectivity index is 1.74. The standard InChI is InChI=1S/C16H24N4O2/c1-13(14-3-5-15(21)6-4-14)17-18-16(22)7-8-20-11-9-19(2)10-12-20/h3-6,21H,7-12H2,1-2H3,(H,18,22)/b17-13+. The van der Waals surface area contributed by atoms with Crippen molar-refractivity contribution in [1.29, 1.82) is 0 Å². The predicted octanol–water partition coefficient (Wildman–Crippen LogP) is 0.870. The minimum Gasteiger partial charge on any atom is -0.508 e. The SMILES string of the molecule is C/C(=N\NC(=O)CCN1CCN(C)CC1)c1ccc(O)cc1. The Kier molecular flexibility index (Phi) is 5.91. The minimum atomic E-state index is -0.0722. The smallest absolute Gasteiger partial charge is 0.241 e. The van der Waals surface area contributed by atoms with Gasteiger partial charge in [0.1, 0.15) is 5.75 Å². The van der Waals surface area contributed by atoms with E-state index in [-0.39, 0.29) is 11.7 Å². The summed E-state index contributed by atoms with van der Waals surface area (Å²) in [6, 6.07) is 6.74. The van der Waals surface area contributed by atoms with Crippen LogP contribution < -0.4 is 5.43 Å². The maximum atomic E-state index is 11.8. The molecule has 1 fully saturated rings. The highest BCUT2D eigenvalue weighted by Crippen LogP contribution is 2.10. The lowest BCUT2D eigenvalue weighted by atomic mass is 10.1. The highest BCUT2D eigenvalue weighted by atomic mass is 16.3. The van der Waals surface area contributed by atoms with Crippen LogP contribution in [0.3, 0.4) is 0 Å². The largest absolute Gasteiger partial charge is 0.508 e. The number of phenols is 1. The van der Waals surface area contributed by atoms with Gasteiger partial charge in [-0.2, -0.15) is 5.10 Å². The number of nitrogens with one attached hydrogen (secondary N) is 1. The van der Waals surface area contributed by atoms with Crippen molar-refractivity contribution in [2.45, 2.75) is 13.3 Å². The van der Waals surface area contributed by atoms with Crippen LogP contribution in [0.25, 0.3) is 0 Å². The average molecular weight is 304 g/mol. The minimum absolute atomic E-state index is 0.0722. The molecule has 0 radical (unpaired) electrons. The van der Waals surface area contributed by atoms with Crippen LogP contribution in [0.4, 0.5) is 0 Å². The third-order valence-electron chi connectivity index (χ3n) is 3.88. The van der Waals surface area contributed by atoms with E-state index in [2.05, 4.69) is 27.4 Å². The zero-order valence-electron chi connectivity index (χ0n) is 13.2. The number of carbonyl (C=O) groups is 1. The fourth-order valence-corrected chi connectivity index (χ4v) is 2.30. The van der Waals surface area contributed by atoms with Crippen LogP contribution in [0, 0.1) is 0 Å². The third kappa shape index (κ3) is 5.13. The van der Waals surface area contributed by atoms with Gasteiger partial charge < -0.3 is 14.9 Å². The van der Waals surface area contributed by atoms with Gasteiger partial charge in [0.25, 0.3) is 0 Å². The summed E-state index contributed by atoms with van der Waals surface area (Å²) in [7, 11) is 2.12. The molecule has 0 aromatic heterocycles. The Bertz CT molecular complexity index is 519. The van der Waals surface area contributed by atoms with Crippen LogP contribution in [0.15, 0.2) is 29.4 Å². The average Bonchev–Trinajstić information content (AvgIpc) is 2.52. The Morgan fingerprint density at radius 2 is 1.86 bits per heavy atom. The normalized spacial score (nSPS) is 17.5. The lowest BCUT2D eigenvalue weighted by Gasteiger charge is -2.32. The molecule has 1 saturated heterocycles. The fourth-order valence-electron chi connectivity index (χ4n) is 2.30. The second-order valence-electron chi connectivity index (χ2n) is 5.67. The number of hydrazone groups is 1. The predicted molar refractivity (Wildman–Crippen MR) is 87.0 cm³/mol. The first-order valence-electron chi connectivity index (χ1n) is 7.58. The second-order valence-corrected chi connectivity index (χ2v) is 5.67. The van der Waals surface area contributed by atoms with Crippen molar-refractivity contribution in [2.75, 3.05) is 39.8 Å². The van der Waals surface area contributed by atoms with Crippen LogP contribution in [0.5, 0.6) is 5.75 Å². The van der Waals surface area contributed by atoms with Gasteiger partial charge in [-0.05, 0) is 43.8 Å². The molecule has 1 aromatic rings. The van der Waals surface area contributed by atoms with Gasteiger partial charge in [0.15, 0.2) is 0 Å². The molecule has 0 unspecified atom stereocenters. The molecule has 2 N–H and O–H groups in total. The van der Waals surface area contributed by atoms with E-state index in [9.17, 15) is 9.90 Å². The highest BCUT2D eigenvalue weighted by Gasteiger charge is 2.14. The number of hydrogen-bond acceptors (Lipinski definition) is 5. The number of piperazine rings is 1. The van der Waals surface area contributed by atoms with Gasteiger partial charge in [-0.15, -0.1) is 0 Å². The molecule has 1 heterocycles. The van der Waals surface area contributed by atoms with Crippen molar-refractivity contribution in [1.82, 2.24) is 15.2 Å². The molecule has 0 spiro atoms. The van der Waals surface area contributed by atoms with Crippen molar-refractivity contribution in [3.05, 3.63) is 29.8 Å². The summed E-state index contributed by atoms with van der Waals surface area (Å²) in [5.41, 5.74) is 4.18. The summed E-state index contributed by atoms with van der Waals surface area (Å²) < 4.78 is 0. The molecular formula is C16H24N4O2. The molecule has 1 amide bonds. The monoisotopic (exact) mass is 304 g/mol. The molecule has 6 heteroatoms. The first-order chi connectivity index (χ1) is 10.5. The van der Waals surface area contributed by atoms with Crippen LogP contribution in [0.1, 0.15) is 18.9 Å². The number of phenolic OH excluding ortho intramolecular Hbond substituents is 1. The Labute approximate surface area is 131 Å². The first kappa shape index (κ1) is 16.5. The number of aromatic hydroxyl groups is 1. The van der Waals surface area contributed by atoms with Crippen molar-refractivity contribution < 1.29 is 9.90 Å². The van der Waals surface area contributed by atoms with E-state index in [0.717, 1.165) is 38.3 Å². The van der Waals surface area contributed by atoms with E-state index in [1.54, 1.807) is 24.3 Å². The molecule has 120 valence electrons. The molecule has 1 aromatic carbocycles. The third-order valence-corrected chi connectivity index (χ3v) is 3.88. The van der Waals surface area contributed by atoms with Gasteiger partial charge in [-0.3, -0.25) is 4.79 Å². The van der Waals surface area contributed by atoms with Crippen molar-refractivity contribution in [2.24, 2.45) is 5.10 Å². The molecule has 6 nitrogen and oxygen atoms in total. The number of benzene rings is 1.